The molecule has 13 heavy (non-hydrogen) atoms. The Labute approximate surface area is 76.2 Å². The first-order valence-electron chi connectivity index (χ1n) is 4.23. The summed E-state index contributed by atoms with van der Waals surface area (Å²) in [5.41, 5.74) is 0. The van der Waals surface area contributed by atoms with Crippen LogP contribution in [0.3, 0.4) is 0 Å². The molecule has 0 saturated heterocycles. The van der Waals surface area contributed by atoms with Gasteiger partial charge in [-0.05, 0) is 19.3 Å². The first-order chi connectivity index (χ1) is 6.15. The van der Waals surface area contributed by atoms with Gasteiger partial charge in [-0.25, -0.2) is 4.79 Å². The van der Waals surface area contributed by atoms with E-state index in [4.69, 9.17) is 9.84 Å². The lowest BCUT2D eigenvalue weighted by Crippen LogP contribution is -2.07. The monoisotopic (exact) mass is 184 g/mol. The molecule has 0 bridgehead atoms. The minimum atomic E-state index is -0.977. The van der Waals surface area contributed by atoms with Crippen molar-refractivity contribution in [2.45, 2.75) is 13.3 Å². The number of hydrogen-bond donors (Lipinski definition) is 1. The molecule has 0 aromatic rings. The standard InChI is InChI=1S/C9H12O4/c1-2-13-9(12)7-5-6(7)3-4-8(10)11/h3-4,6-7H,2,5H2,1H3,(H,10,11). The maximum atomic E-state index is 11.1. The zero-order valence-corrected chi connectivity index (χ0v) is 7.40. The number of hydrogen-bond acceptors (Lipinski definition) is 3. The fourth-order valence-electron chi connectivity index (χ4n) is 1.15. The highest BCUT2D eigenvalue weighted by Gasteiger charge is 2.42. The molecule has 72 valence electrons. The van der Waals surface area contributed by atoms with E-state index in [0.29, 0.717) is 13.0 Å². The van der Waals surface area contributed by atoms with E-state index in [9.17, 15) is 9.59 Å². The molecular weight excluding hydrogens is 172 g/mol. The van der Waals surface area contributed by atoms with Crippen LogP contribution in [0.25, 0.3) is 0 Å². The number of allylic oxidation sites excluding steroid dienone is 1. The van der Waals surface area contributed by atoms with Gasteiger partial charge in [0, 0.05) is 6.08 Å². The highest BCUT2D eigenvalue weighted by atomic mass is 16.5. The van der Waals surface area contributed by atoms with Crippen molar-refractivity contribution < 1.29 is 19.4 Å². The number of carbonyl (C=O) groups excluding carboxylic acids is 1. The lowest BCUT2D eigenvalue weighted by Gasteiger charge is -1.97. The fraction of sp³-hybridized carbons (Fsp3) is 0.556. The van der Waals surface area contributed by atoms with Gasteiger partial charge in [-0.2, -0.15) is 0 Å². The first kappa shape index (κ1) is 9.77. The topological polar surface area (TPSA) is 63.6 Å². The van der Waals surface area contributed by atoms with Crippen LogP contribution in [-0.4, -0.2) is 23.7 Å². The summed E-state index contributed by atoms with van der Waals surface area (Å²) in [5, 5.41) is 8.32. The third kappa shape index (κ3) is 2.89. The third-order valence-electron chi connectivity index (χ3n) is 1.92. The minimum absolute atomic E-state index is 0.0650. The van der Waals surface area contributed by atoms with Gasteiger partial charge in [0.05, 0.1) is 12.5 Å². The number of carbonyl (C=O) groups is 2. The molecule has 0 aromatic carbocycles. The van der Waals surface area contributed by atoms with Gasteiger partial charge in [0.2, 0.25) is 0 Å². The van der Waals surface area contributed by atoms with Crippen LogP contribution < -0.4 is 0 Å². The molecule has 1 rings (SSSR count). The van der Waals surface area contributed by atoms with Gasteiger partial charge < -0.3 is 9.84 Å². The molecule has 1 saturated carbocycles. The van der Waals surface area contributed by atoms with Crippen molar-refractivity contribution in [1.82, 2.24) is 0 Å². The Bertz CT molecular complexity index is 244. The van der Waals surface area contributed by atoms with Crippen LogP contribution in [0, 0.1) is 11.8 Å². The highest BCUT2D eigenvalue weighted by molar-refractivity contribution is 5.81. The van der Waals surface area contributed by atoms with E-state index in [-0.39, 0.29) is 17.8 Å². The number of carboxylic acid groups (broad SMARTS) is 1. The van der Waals surface area contributed by atoms with E-state index in [1.807, 2.05) is 0 Å². The van der Waals surface area contributed by atoms with Crippen molar-refractivity contribution in [1.29, 1.82) is 0 Å². The van der Waals surface area contributed by atoms with Gasteiger partial charge in [0.15, 0.2) is 0 Å². The molecule has 0 amide bonds. The number of carboxylic acids is 1. The van der Waals surface area contributed by atoms with Crippen LogP contribution in [0.1, 0.15) is 13.3 Å². The average Bonchev–Trinajstić information content (AvgIpc) is 2.80. The van der Waals surface area contributed by atoms with Crippen LogP contribution in [-0.2, 0) is 14.3 Å². The molecule has 0 radical (unpaired) electrons. The van der Waals surface area contributed by atoms with E-state index in [2.05, 4.69) is 0 Å². The lowest BCUT2D eigenvalue weighted by atomic mass is 10.3. The second-order valence-electron chi connectivity index (χ2n) is 2.96. The predicted molar refractivity (Wildman–Crippen MR) is 45.0 cm³/mol. The molecule has 4 nitrogen and oxygen atoms in total. The van der Waals surface area contributed by atoms with Gasteiger partial charge in [-0.1, -0.05) is 6.08 Å². The van der Waals surface area contributed by atoms with Crippen LogP contribution in [0.5, 0.6) is 0 Å². The van der Waals surface area contributed by atoms with Gasteiger partial charge in [0.1, 0.15) is 0 Å². The van der Waals surface area contributed by atoms with Gasteiger partial charge in [-0.3, -0.25) is 4.79 Å². The summed E-state index contributed by atoms with van der Waals surface area (Å²) < 4.78 is 4.78. The molecule has 4 heteroatoms. The van der Waals surface area contributed by atoms with E-state index in [1.165, 1.54) is 0 Å². The molecule has 2 unspecified atom stereocenters. The molecule has 1 N–H and O–H groups in total. The third-order valence-corrected chi connectivity index (χ3v) is 1.92. The number of aliphatic carboxylic acids is 1. The highest BCUT2D eigenvalue weighted by Crippen LogP contribution is 2.40. The SMILES string of the molecule is CCOC(=O)C1CC1C=CC(=O)O. The summed E-state index contributed by atoms with van der Waals surface area (Å²) in [6.07, 6.45) is 3.33. The van der Waals surface area contributed by atoms with Gasteiger partial charge >= 0.3 is 11.9 Å². The number of ether oxygens (including phenoxy) is 1. The zero-order valence-electron chi connectivity index (χ0n) is 7.40. The van der Waals surface area contributed by atoms with Crippen molar-refractivity contribution in [2.75, 3.05) is 6.61 Å². The largest absolute Gasteiger partial charge is 0.478 e. The van der Waals surface area contributed by atoms with Gasteiger partial charge in [-0.15, -0.1) is 0 Å². The van der Waals surface area contributed by atoms with E-state index < -0.39 is 5.97 Å². The maximum absolute atomic E-state index is 11.1. The molecule has 0 aromatic heterocycles. The minimum Gasteiger partial charge on any atom is -0.478 e. The Balaban J connectivity index is 2.30. The fourth-order valence-corrected chi connectivity index (χ4v) is 1.15. The molecule has 0 heterocycles. The Kier molecular flexibility index (Phi) is 3.06. The Morgan fingerprint density at radius 3 is 2.85 bits per heavy atom. The molecular formula is C9H12O4. The number of esters is 1. The predicted octanol–water partition coefficient (Wildman–Crippen LogP) is 0.826. The van der Waals surface area contributed by atoms with Crippen molar-refractivity contribution in [3.8, 4) is 0 Å². The van der Waals surface area contributed by atoms with Crippen LogP contribution >= 0.6 is 0 Å². The second-order valence-corrected chi connectivity index (χ2v) is 2.96. The van der Waals surface area contributed by atoms with Gasteiger partial charge in [0.25, 0.3) is 0 Å². The normalized spacial score (nSPS) is 25.9. The maximum Gasteiger partial charge on any atom is 0.327 e. The molecule has 1 aliphatic rings. The van der Waals surface area contributed by atoms with Crippen LogP contribution in [0.4, 0.5) is 0 Å². The van der Waals surface area contributed by atoms with Crippen molar-refractivity contribution in [2.24, 2.45) is 11.8 Å². The second kappa shape index (κ2) is 4.07. The molecule has 0 spiro atoms. The summed E-state index contributed by atoms with van der Waals surface area (Å²) in [6, 6.07) is 0. The Hall–Kier alpha value is -1.32. The zero-order chi connectivity index (χ0) is 9.84. The summed E-state index contributed by atoms with van der Waals surface area (Å²) in [4.78, 5) is 21.2. The average molecular weight is 184 g/mol. The van der Waals surface area contributed by atoms with Crippen molar-refractivity contribution in [3.63, 3.8) is 0 Å². The summed E-state index contributed by atoms with van der Waals surface area (Å²) in [6.45, 7) is 2.13. The smallest absolute Gasteiger partial charge is 0.327 e. The van der Waals surface area contributed by atoms with Crippen molar-refractivity contribution >= 4 is 11.9 Å². The lowest BCUT2D eigenvalue weighted by molar-refractivity contribution is -0.145. The quantitative estimate of drug-likeness (QED) is 0.519. The summed E-state index contributed by atoms with van der Waals surface area (Å²) >= 11 is 0. The molecule has 1 aliphatic carbocycles. The summed E-state index contributed by atoms with van der Waals surface area (Å²) in [7, 11) is 0. The van der Waals surface area contributed by atoms with E-state index >= 15 is 0 Å². The summed E-state index contributed by atoms with van der Waals surface area (Å²) in [5.74, 6) is -1.25. The Morgan fingerprint density at radius 1 is 1.62 bits per heavy atom. The van der Waals surface area contributed by atoms with Crippen LogP contribution in [0.15, 0.2) is 12.2 Å². The van der Waals surface area contributed by atoms with E-state index in [1.54, 1.807) is 13.0 Å². The Morgan fingerprint density at radius 2 is 2.31 bits per heavy atom. The number of rotatable bonds is 4. The molecule has 2 atom stereocenters. The first-order valence-corrected chi connectivity index (χ1v) is 4.23. The van der Waals surface area contributed by atoms with Crippen LogP contribution in [0.2, 0.25) is 0 Å². The van der Waals surface area contributed by atoms with E-state index in [0.717, 1.165) is 6.08 Å². The molecule has 0 aliphatic heterocycles. The van der Waals surface area contributed by atoms with Crippen molar-refractivity contribution in [3.05, 3.63) is 12.2 Å². The molecule has 1 fully saturated rings.